The maximum absolute atomic E-state index is 12.4. The summed E-state index contributed by atoms with van der Waals surface area (Å²) in [7, 11) is 1.55. The van der Waals surface area contributed by atoms with Crippen LogP contribution < -0.4 is 4.74 Å². The van der Waals surface area contributed by atoms with Crippen LogP contribution in [0.2, 0.25) is 0 Å². The molecule has 2 aromatic rings. The SMILES string of the molecule is COc1ccc(C=CC(=O)c2ccc(C(F)(F)F)cc2)cc1. The highest BCUT2D eigenvalue weighted by atomic mass is 19.4. The van der Waals surface area contributed by atoms with E-state index in [4.69, 9.17) is 4.74 Å². The third kappa shape index (κ3) is 3.97. The minimum atomic E-state index is -4.40. The molecule has 2 nitrogen and oxygen atoms in total. The van der Waals surface area contributed by atoms with Crippen LogP contribution in [0.5, 0.6) is 5.75 Å². The van der Waals surface area contributed by atoms with Crippen molar-refractivity contribution in [3.63, 3.8) is 0 Å². The Hall–Kier alpha value is -2.56. The van der Waals surface area contributed by atoms with E-state index in [2.05, 4.69) is 0 Å². The van der Waals surface area contributed by atoms with E-state index >= 15 is 0 Å². The fraction of sp³-hybridized carbons (Fsp3) is 0.118. The summed E-state index contributed by atoms with van der Waals surface area (Å²) in [5.41, 5.74) is 0.224. The van der Waals surface area contributed by atoms with Crippen LogP contribution >= 0.6 is 0 Å². The van der Waals surface area contributed by atoms with Crippen LogP contribution in [0.15, 0.2) is 54.6 Å². The first kappa shape index (κ1) is 15.8. The fourth-order valence-corrected chi connectivity index (χ4v) is 1.81. The van der Waals surface area contributed by atoms with Crippen LogP contribution in [-0.4, -0.2) is 12.9 Å². The van der Waals surface area contributed by atoms with E-state index in [-0.39, 0.29) is 11.3 Å². The van der Waals surface area contributed by atoms with Gasteiger partial charge in [-0.1, -0.05) is 30.3 Å². The molecule has 2 aromatic carbocycles. The number of methoxy groups -OCH3 is 1. The molecule has 114 valence electrons. The van der Waals surface area contributed by atoms with E-state index in [0.717, 1.165) is 17.7 Å². The smallest absolute Gasteiger partial charge is 0.416 e. The summed E-state index contributed by atoms with van der Waals surface area (Å²) in [6.07, 6.45) is -1.48. The monoisotopic (exact) mass is 306 g/mol. The number of halogens is 3. The molecule has 0 radical (unpaired) electrons. The predicted octanol–water partition coefficient (Wildman–Crippen LogP) is 4.61. The molecule has 0 heterocycles. The molecule has 0 fully saturated rings. The molecule has 0 atom stereocenters. The van der Waals surface area contributed by atoms with Crippen molar-refractivity contribution in [1.29, 1.82) is 0 Å². The lowest BCUT2D eigenvalue weighted by atomic mass is 10.1. The van der Waals surface area contributed by atoms with Crippen LogP contribution in [0.4, 0.5) is 13.2 Å². The Morgan fingerprint density at radius 2 is 1.59 bits per heavy atom. The highest BCUT2D eigenvalue weighted by Gasteiger charge is 2.30. The first-order valence-corrected chi connectivity index (χ1v) is 6.44. The standard InChI is InChI=1S/C17H13F3O2/c1-22-15-9-2-12(3-10-15)4-11-16(21)13-5-7-14(8-6-13)17(18,19)20/h2-11H,1H3. The molecule has 0 bridgehead atoms. The van der Waals surface area contributed by atoms with Crippen LogP contribution in [0.1, 0.15) is 21.5 Å². The molecular formula is C17H13F3O2. The van der Waals surface area contributed by atoms with Crippen LogP contribution in [0.3, 0.4) is 0 Å². The third-order valence-electron chi connectivity index (χ3n) is 3.04. The molecule has 0 saturated carbocycles. The maximum atomic E-state index is 12.4. The Balaban J connectivity index is 2.09. The summed E-state index contributed by atoms with van der Waals surface area (Å²) in [4.78, 5) is 11.9. The van der Waals surface area contributed by atoms with Crippen LogP contribution in [-0.2, 0) is 6.18 Å². The Labute approximate surface area is 125 Å². The molecule has 5 heteroatoms. The average molecular weight is 306 g/mol. The molecule has 0 aliphatic heterocycles. The molecule has 0 aliphatic rings. The molecule has 0 amide bonds. The number of carbonyl (C=O) groups excluding carboxylic acids is 1. The summed E-state index contributed by atoms with van der Waals surface area (Å²) in [5.74, 6) is 0.343. The van der Waals surface area contributed by atoms with E-state index in [0.29, 0.717) is 5.75 Å². The van der Waals surface area contributed by atoms with Crippen molar-refractivity contribution in [3.8, 4) is 5.75 Å². The molecule has 0 aromatic heterocycles. The largest absolute Gasteiger partial charge is 0.497 e. The molecule has 0 N–H and O–H groups in total. The van der Waals surface area contributed by atoms with Gasteiger partial charge in [0.25, 0.3) is 0 Å². The van der Waals surface area contributed by atoms with Gasteiger partial charge < -0.3 is 4.74 Å². The highest BCUT2D eigenvalue weighted by Crippen LogP contribution is 2.29. The van der Waals surface area contributed by atoms with Gasteiger partial charge in [0.05, 0.1) is 12.7 Å². The molecule has 2 rings (SSSR count). The Kier molecular flexibility index (Phi) is 4.65. The van der Waals surface area contributed by atoms with Gasteiger partial charge in [0, 0.05) is 5.56 Å². The van der Waals surface area contributed by atoms with Gasteiger partial charge in [-0.25, -0.2) is 0 Å². The number of benzene rings is 2. The summed E-state index contributed by atoms with van der Waals surface area (Å²) < 4.78 is 42.3. The zero-order chi connectivity index (χ0) is 16.2. The summed E-state index contributed by atoms with van der Waals surface area (Å²) in [6.45, 7) is 0. The number of alkyl halides is 3. The van der Waals surface area contributed by atoms with Crippen molar-refractivity contribution in [1.82, 2.24) is 0 Å². The number of hydrogen-bond donors (Lipinski definition) is 0. The van der Waals surface area contributed by atoms with Gasteiger partial charge in [-0.2, -0.15) is 13.2 Å². The van der Waals surface area contributed by atoms with E-state index in [1.54, 1.807) is 37.5 Å². The zero-order valence-corrected chi connectivity index (χ0v) is 11.7. The van der Waals surface area contributed by atoms with Gasteiger partial charge in [-0.3, -0.25) is 4.79 Å². The minimum Gasteiger partial charge on any atom is -0.497 e. The van der Waals surface area contributed by atoms with E-state index in [9.17, 15) is 18.0 Å². The van der Waals surface area contributed by atoms with Crippen LogP contribution in [0, 0.1) is 0 Å². The highest BCUT2D eigenvalue weighted by molar-refractivity contribution is 6.06. The average Bonchev–Trinajstić information content (AvgIpc) is 2.52. The van der Waals surface area contributed by atoms with E-state index in [1.807, 2.05) is 0 Å². The molecule has 0 aliphatic carbocycles. The summed E-state index contributed by atoms with van der Waals surface area (Å²) in [5, 5.41) is 0. The molecule has 0 unspecified atom stereocenters. The van der Waals surface area contributed by atoms with Crippen LogP contribution in [0.25, 0.3) is 6.08 Å². The lowest BCUT2D eigenvalue weighted by Crippen LogP contribution is -2.05. The summed E-state index contributed by atoms with van der Waals surface area (Å²) >= 11 is 0. The second-order valence-electron chi connectivity index (χ2n) is 4.55. The van der Waals surface area contributed by atoms with Gasteiger partial charge in [0.15, 0.2) is 5.78 Å². The predicted molar refractivity (Wildman–Crippen MR) is 77.8 cm³/mol. The second-order valence-corrected chi connectivity index (χ2v) is 4.55. The van der Waals surface area contributed by atoms with E-state index < -0.39 is 11.7 Å². The zero-order valence-electron chi connectivity index (χ0n) is 11.7. The minimum absolute atomic E-state index is 0.206. The second kappa shape index (κ2) is 6.47. The van der Waals surface area contributed by atoms with Gasteiger partial charge in [0.2, 0.25) is 0 Å². The van der Waals surface area contributed by atoms with Crippen molar-refractivity contribution in [2.75, 3.05) is 7.11 Å². The van der Waals surface area contributed by atoms with Crippen molar-refractivity contribution in [2.24, 2.45) is 0 Å². The lowest BCUT2D eigenvalue weighted by molar-refractivity contribution is -0.137. The fourth-order valence-electron chi connectivity index (χ4n) is 1.81. The summed E-state index contributed by atoms with van der Waals surface area (Å²) in [6, 6.07) is 11.2. The lowest BCUT2D eigenvalue weighted by Gasteiger charge is -2.06. The van der Waals surface area contributed by atoms with Crippen molar-refractivity contribution in [3.05, 3.63) is 71.3 Å². The number of carbonyl (C=O) groups is 1. The maximum Gasteiger partial charge on any atom is 0.416 e. The molecule has 0 saturated heterocycles. The Morgan fingerprint density at radius 1 is 1.00 bits per heavy atom. The normalized spacial score (nSPS) is 11.6. The van der Waals surface area contributed by atoms with Gasteiger partial charge in [-0.15, -0.1) is 0 Å². The topological polar surface area (TPSA) is 26.3 Å². The van der Waals surface area contributed by atoms with Gasteiger partial charge in [-0.05, 0) is 35.9 Å². The number of rotatable bonds is 4. The molecule has 22 heavy (non-hydrogen) atoms. The van der Waals surface area contributed by atoms with E-state index in [1.165, 1.54) is 18.2 Å². The van der Waals surface area contributed by atoms with Gasteiger partial charge >= 0.3 is 6.18 Å². The molecular weight excluding hydrogens is 293 g/mol. The third-order valence-corrected chi connectivity index (χ3v) is 3.04. The first-order valence-electron chi connectivity index (χ1n) is 6.44. The number of ether oxygens (including phenoxy) is 1. The van der Waals surface area contributed by atoms with Crippen molar-refractivity contribution >= 4 is 11.9 Å². The Bertz CT molecular complexity index is 669. The van der Waals surface area contributed by atoms with Gasteiger partial charge in [0.1, 0.15) is 5.75 Å². The molecule has 0 spiro atoms. The Morgan fingerprint density at radius 3 is 2.09 bits per heavy atom. The van der Waals surface area contributed by atoms with Crippen molar-refractivity contribution in [2.45, 2.75) is 6.18 Å². The van der Waals surface area contributed by atoms with Crippen molar-refractivity contribution < 1.29 is 22.7 Å². The number of allylic oxidation sites excluding steroid dienone is 1. The number of hydrogen-bond acceptors (Lipinski definition) is 2. The first-order chi connectivity index (χ1) is 10.4. The number of ketones is 1. The quantitative estimate of drug-likeness (QED) is 0.609.